The molecule has 1 N–H and O–H groups in total. The molecule has 2 aliphatic heterocycles. The van der Waals surface area contributed by atoms with Crippen molar-refractivity contribution < 1.29 is 14.7 Å². The standard InChI is InChI=1S/C31H36N6O4S/c1-3-34-13-10-24-27(34)32-19-37(29(24)39)18-31(41)11-15-35(16-12-31)28(38)23-9-14-36(30(40)26-21(2)33-20-42-26)17-25(23)22-7-5-4-6-8-22/h4-8,10,13,19-20,23,25,41H,3,9,11-12,14-18H2,1-2H3/t23-,25+/m1/s1. The number of aryl methyl sites for hydroxylation is 2. The molecule has 10 nitrogen and oxygen atoms in total. The van der Waals surface area contributed by atoms with Gasteiger partial charge in [0.05, 0.1) is 28.7 Å². The van der Waals surface area contributed by atoms with Gasteiger partial charge in [-0.2, -0.15) is 0 Å². The van der Waals surface area contributed by atoms with Crippen molar-refractivity contribution >= 4 is 34.2 Å². The van der Waals surface area contributed by atoms with Gasteiger partial charge in [-0.25, -0.2) is 9.97 Å². The molecule has 3 aromatic heterocycles. The lowest BCUT2D eigenvalue weighted by atomic mass is 9.79. The molecule has 2 saturated heterocycles. The number of likely N-dealkylation sites (tertiary alicyclic amines) is 2. The minimum absolute atomic E-state index is 0.0287. The lowest BCUT2D eigenvalue weighted by Crippen LogP contribution is -2.53. The van der Waals surface area contributed by atoms with E-state index in [1.807, 2.05) is 64.7 Å². The Labute approximate surface area is 248 Å². The second-order valence-corrected chi connectivity index (χ2v) is 12.4. The summed E-state index contributed by atoms with van der Waals surface area (Å²) in [5.41, 5.74) is 2.84. The predicted octanol–water partition coefficient (Wildman–Crippen LogP) is 3.28. The number of fused-ring (bicyclic) bond motifs is 1. The fourth-order valence-electron chi connectivity index (χ4n) is 6.45. The third-order valence-electron chi connectivity index (χ3n) is 8.94. The van der Waals surface area contributed by atoms with E-state index in [1.54, 1.807) is 11.6 Å². The number of hydrogen-bond donors (Lipinski definition) is 1. The van der Waals surface area contributed by atoms with E-state index >= 15 is 0 Å². The number of benzene rings is 1. The second-order valence-electron chi connectivity index (χ2n) is 11.5. The lowest BCUT2D eigenvalue weighted by Gasteiger charge is -2.43. The molecule has 0 unspecified atom stereocenters. The Morgan fingerprint density at radius 1 is 1.05 bits per heavy atom. The third kappa shape index (κ3) is 5.27. The Balaban J connectivity index is 1.15. The summed E-state index contributed by atoms with van der Waals surface area (Å²) < 4.78 is 3.41. The van der Waals surface area contributed by atoms with E-state index in [2.05, 4.69) is 9.97 Å². The molecule has 0 spiro atoms. The SMILES string of the molecule is CCn1ccc2c(=O)n(CC3(O)CCN(C(=O)[C@@H]4CCN(C(=O)c5scnc5C)C[C@H]4c4ccccc4)CC3)cnc21. The van der Waals surface area contributed by atoms with Gasteiger partial charge in [0, 0.05) is 50.8 Å². The van der Waals surface area contributed by atoms with Crippen molar-refractivity contribution in [1.82, 2.24) is 28.9 Å². The van der Waals surface area contributed by atoms with E-state index in [-0.39, 0.29) is 35.8 Å². The van der Waals surface area contributed by atoms with Crippen molar-refractivity contribution in [3.8, 4) is 0 Å². The third-order valence-corrected chi connectivity index (χ3v) is 9.86. The monoisotopic (exact) mass is 588 g/mol. The molecule has 0 aliphatic carbocycles. The zero-order valence-electron chi connectivity index (χ0n) is 24.0. The number of hydrogen-bond acceptors (Lipinski definition) is 7. The number of carbonyl (C=O) groups excluding carboxylic acids is 2. The van der Waals surface area contributed by atoms with Crippen LogP contribution >= 0.6 is 11.3 Å². The minimum atomic E-state index is -1.11. The van der Waals surface area contributed by atoms with Crippen LogP contribution in [0.25, 0.3) is 11.0 Å². The van der Waals surface area contributed by atoms with Gasteiger partial charge in [0.15, 0.2) is 0 Å². The van der Waals surface area contributed by atoms with Gasteiger partial charge in [-0.3, -0.25) is 19.0 Å². The molecule has 1 aromatic carbocycles. The fourth-order valence-corrected chi connectivity index (χ4v) is 7.22. The number of nitrogens with zero attached hydrogens (tertiary/aromatic N) is 6. The summed E-state index contributed by atoms with van der Waals surface area (Å²) in [6, 6.07) is 11.7. The van der Waals surface area contributed by atoms with E-state index in [4.69, 9.17) is 0 Å². The number of aliphatic hydroxyl groups is 1. The van der Waals surface area contributed by atoms with Gasteiger partial charge in [-0.05, 0) is 44.7 Å². The Morgan fingerprint density at radius 2 is 1.81 bits per heavy atom. The zero-order chi connectivity index (χ0) is 29.4. The number of rotatable bonds is 6. The molecule has 2 amide bonds. The van der Waals surface area contributed by atoms with Crippen molar-refractivity contribution in [2.24, 2.45) is 5.92 Å². The Bertz CT molecular complexity index is 1650. The first-order valence-corrected chi connectivity index (χ1v) is 15.5. The number of thiazole rings is 1. The second kappa shape index (κ2) is 11.4. The van der Waals surface area contributed by atoms with Crippen molar-refractivity contribution in [3.63, 3.8) is 0 Å². The lowest BCUT2D eigenvalue weighted by molar-refractivity contribution is -0.142. The van der Waals surface area contributed by atoms with Gasteiger partial charge in [-0.15, -0.1) is 11.3 Å². The van der Waals surface area contributed by atoms with Crippen LogP contribution in [0.3, 0.4) is 0 Å². The number of amides is 2. The quantitative estimate of drug-likeness (QED) is 0.370. The van der Waals surface area contributed by atoms with Gasteiger partial charge < -0.3 is 19.5 Å². The summed E-state index contributed by atoms with van der Waals surface area (Å²) in [7, 11) is 0. The predicted molar refractivity (Wildman–Crippen MR) is 160 cm³/mol. The molecule has 2 fully saturated rings. The highest BCUT2D eigenvalue weighted by atomic mass is 32.1. The molecule has 11 heteroatoms. The van der Waals surface area contributed by atoms with Crippen LogP contribution in [-0.2, 0) is 17.9 Å². The molecule has 0 radical (unpaired) electrons. The van der Waals surface area contributed by atoms with Gasteiger partial charge in [0.1, 0.15) is 16.9 Å². The maximum absolute atomic E-state index is 14.0. The van der Waals surface area contributed by atoms with Gasteiger partial charge in [0.2, 0.25) is 5.91 Å². The molecule has 2 aliphatic rings. The molecular formula is C31H36N6O4S. The van der Waals surface area contributed by atoms with E-state index < -0.39 is 5.60 Å². The molecule has 4 aromatic rings. The molecule has 220 valence electrons. The maximum atomic E-state index is 14.0. The van der Waals surface area contributed by atoms with Crippen LogP contribution in [0.4, 0.5) is 0 Å². The average Bonchev–Trinajstić information content (AvgIpc) is 3.64. The Kier molecular flexibility index (Phi) is 7.71. The van der Waals surface area contributed by atoms with Crippen LogP contribution in [-0.4, -0.2) is 77.6 Å². The molecular weight excluding hydrogens is 552 g/mol. The van der Waals surface area contributed by atoms with Crippen LogP contribution in [0.1, 0.15) is 53.0 Å². The highest BCUT2D eigenvalue weighted by molar-refractivity contribution is 7.11. The van der Waals surface area contributed by atoms with E-state index in [0.29, 0.717) is 61.4 Å². The molecule has 2 atom stereocenters. The smallest absolute Gasteiger partial charge is 0.265 e. The normalized spacial score (nSPS) is 20.6. The Hall–Kier alpha value is -3.83. The topological polar surface area (TPSA) is 114 Å². The molecule has 42 heavy (non-hydrogen) atoms. The van der Waals surface area contributed by atoms with E-state index in [9.17, 15) is 19.5 Å². The molecule has 0 saturated carbocycles. The highest BCUT2D eigenvalue weighted by Gasteiger charge is 2.42. The van der Waals surface area contributed by atoms with Crippen LogP contribution in [0, 0.1) is 12.8 Å². The Morgan fingerprint density at radius 3 is 2.50 bits per heavy atom. The van der Waals surface area contributed by atoms with E-state index in [0.717, 1.165) is 17.8 Å². The average molecular weight is 589 g/mol. The number of carbonyl (C=O) groups is 2. The van der Waals surface area contributed by atoms with Gasteiger partial charge in [0.25, 0.3) is 11.5 Å². The van der Waals surface area contributed by atoms with Crippen molar-refractivity contribution in [1.29, 1.82) is 0 Å². The van der Waals surface area contributed by atoms with Gasteiger partial charge >= 0.3 is 0 Å². The van der Waals surface area contributed by atoms with Crippen molar-refractivity contribution in [3.05, 3.63) is 80.9 Å². The van der Waals surface area contributed by atoms with Gasteiger partial charge in [-0.1, -0.05) is 30.3 Å². The number of piperidine rings is 2. The van der Waals surface area contributed by atoms with Crippen LogP contribution in [0.5, 0.6) is 0 Å². The highest BCUT2D eigenvalue weighted by Crippen LogP contribution is 2.36. The van der Waals surface area contributed by atoms with Crippen molar-refractivity contribution in [2.75, 3.05) is 26.2 Å². The summed E-state index contributed by atoms with van der Waals surface area (Å²) in [5, 5.41) is 12.0. The molecule has 5 heterocycles. The van der Waals surface area contributed by atoms with Crippen LogP contribution in [0.15, 0.2) is 59.2 Å². The molecule has 0 bridgehead atoms. The summed E-state index contributed by atoms with van der Waals surface area (Å²) >= 11 is 1.35. The summed E-state index contributed by atoms with van der Waals surface area (Å²) in [4.78, 5) is 53.4. The first-order chi connectivity index (χ1) is 20.3. The number of aromatic nitrogens is 4. The first-order valence-electron chi connectivity index (χ1n) is 14.6. The fraction of sp³-hybridized carbons (Fsp3) is 0.452. The molecule has 6 rings (SSSR count). The largest absolute Gasteiger partial charge is 0.388 e. The minimum Gasteiger partial charge on any atom is -0.388 e. The first kappa shape index (κ1) is 28.3. The summed E-state index contributed by atoms with van der Waals surface area (Å²) in [6.07, 6.45) is 4.68. The summed E-state index contributed by atoms with van der Waals surface area (Å²) in [5.74, 6) is -0.355. The van der Waals surface area contributed by atoms with Crippen LogP contribution < -0.4 is 5.56 Å². The van der Waals surface area contributed by atoms with E-state index in [1.165, 1.54) is 22.2 Å². The maximum Gasteiger partial charge on any atom is 0.265 e. The van der Waals surface area contributed by atoms with Crippen LogP contribution in [0.2, 0.25) is 0 Å². The van der Waals surface area contributed by atoms with Crippen molar-refractivity contribution in [2.45, 2.75) is 57.7 Å². The summed E-state index contributed by atoms with van der Waals surface area (Å²) in [6.45, 7) is 6.50. The zero-order valence-corrected chi connectivity index (χ0v) is 24.8.